The van der Waals surface area contributed by atoms with E-state index in [9.17, 15) is 19.5 Å². The van der Waals surface area contributed by atoms with Crippen molar-refractivity contribution >= 4 is 28.8 Å². The first kappa shape index (κ1) is 29.2. The predicted molar refractivity (Wildman–Crippen MR) is 154 cm³/mol. The van der Waals surface area contributed by atoms with Gasteiger partial charge in [0.1, 0.15) is 11.9 Å². The fourth-order valence-corrected chi connectivity index (χ4v) is 5.43. The number of carbonyl (C=O) groups is 3. The zero-order chi connectivity index (χ0) is 28.6. The number of benzene rings is 1. The number of imidazole rings is 1. The second-order valence-electron chi connectivity index (χ2n) is 11.2. The highest BCUT2D eigenvalue weighted by Gasteiger charge is 2.30. The van der Waals surface area contributed by atoms with E-state index in [4.69, 9.17) is 0 Å². The number of carboxylic acids is 1. The summed E-state index contributed by atoms with van der Waals surface area (Å²) in [6.07, 6.45) is 8.20. The summed E-state index contributed by atoms with van der Waals surface area (Å²) >= 11 is 0. The van der Waals surface area contributed by atoms with Crippen molar-refractivity contribution in [3.8, 4) is 0 Å². The van der Waals surface area contributed by atoms with Crippen LogP contribution in [0.5, 0.6) is 0 Å². The first-order valence-corrected chi connectivity index (χ1v) is 14.5. The quantitative estimate of drug-likeness (QED) is 0.230. The Hall–Kier alpha value is -3.82. The van der Waals surface area contributed by atoms with Gasteiger partial charge in [-0.15, -0.1) is 0 Å². The summed E-state index contributed by atoms with van der Waals surface area (Å²) in [5.41, 5.74) is 2.46. The number of aromatic carboxylic acids is 1. The van der Waals surface area contributed by atoms with Crippen molar-refractivity contribution < 1.29 is 19.5 Å². The molecule has 1 aliphatic heterocycles. The molecule has 10 heteroatoms. The van der Waals surface area contributed by atoms with Gasteiger partial charge in [-0.25, -0.2) is 14.6 Å². The molecule has 3 amide bonds. The highest BCUT2D eigenvalue weighted by atomic mass is 16.4. The number of para-hydroxylation sites is 1. The molecule has 0 saturated carbocycles. The number of aromatic amines is 2. The van der Waals surface area contributed by atoms with E-state index in [0.717, 1.165) is 48.6 Å². The van der Waals surface area contributed by atoms with E-state index in [2.05, 4.69) is 25.6 Å². The summed E-state index contributed by atoms with van der Waals surface area (Å²) in [6.45, 7) is 7.39. The van der Waals surface area contributed by atoms with Gasteiger partial charge in [-0.05, 0) is 43.2 Å². The van der Waals surface area contributed by atoms with Gasteiger partial charge in [0.25, 0.3) is 0 Å². The molecule has 0 aliphatic carbocycles. The van der Waals surface area contributed by atoms with Gasteiger partial charge in [0.15, 0.2) is 5.69 Å². The number of likely N-dealkylation sites (tertiary alicyclic amines) is 1. The van der Waals surface area contributed by atoms with Crippen LogP contribution < -0.4 is 10.6 Å². The van der Waals surface area contributed by atoms with Gasteiger partial charge in [0.2, 0.25) is 5.91 Å². The molecule has 0 unspecified atom stereocenters. The van der Waals surface area contributed by atoms with Crippen LogP contribution in [0, 0.1) is 5.92 Å². The van der Waals surface area contributed by atoms with Crippen LogP contribution in [0.15, 0.2) is 30.5 Å². The summed E-state index contributed by atoms with van der Waals surface area (Å²) in [4.78, 5) is 51.6. The minimum atomic E-state index is -1.11. The van der Waals surface area contributed by atoms with Gasteiger partial charge < -0.3 is 30.6 Å². The number of amides is 3. The second-order valence-corrected chi connectivity index (χ2v) is 11.2. The van der Waals surface area contributed by atoms with E-state index in [-0.39, 0.29) is 23.6 Å². The number of aromatic nitrogens is 3. The average Bonchev–Trinajstić information content (AvgIpc) is 3.42. The monoisotopic (exact) mass is 550 g/mol. The number of rotatable bonds is 11. The van der Waals surface area contributed by atoms with E-state index < -0.39 is 18.1 Å². The third kappa shape index (κ3) is 7.22. The van der Waals surface area contributed by atoms with E-state index in [1.54, 1.807) is 4.90 Å². The summed E-state index contributed by atoms with van der Waals surface area (Å²) in [5.74, 6) is -0.857. The Bertz CT molecular complexity index is 1300. The number of carboxylic acid groups (broad SMARTS) is 1. The molecule has 216 valence electrons. The van der Waals surface area contributed by atoms with Crippen molar-refractivity contribution in [3.05, 3.63) is 53.2 Å². The summed E-state index contributed by atoms with van der Waals surface area (Å²) < 4.78 is 0. The maximum Gasteiger partial charge on any atom is 0.356 e. The maximum atomic E-state index is 13.8. The average molecular weight is 551 g/mol. The first-order chi connectivity index (χ1) is 19.3. The van der Waals surface area contributed by atoms with Gasteiger partial charge in [-0.1, -0.05) is 58.2 Å². The maximum absolute atomic E-state index is 13.8. The van der Waals surface area contributed by atoms with E-state index in [1.165, 1.54) is 0 Å². The lowest BCUT2D eigenvalue weighted by atomic mass is 10.0. The molecular formula is C30H42N6O4. The number of nitrogens with one attached hydrogen (secondary N) is 4. The molecule has 2 aromatic heterocycles. The fourth-order valence-electron chi connectivity index (χ4n) is 5.43. The van der Waals surface area contributed by atoms with Crippen LogP contribution in [0.1, 0.15) is 92.9 Å². The summed E-state index contributed by atoms with van der Waals surface area (Å²) in [7, 11) is 0. The molecule has 0 bridgehead atoms. The molecule has 2 atom stereocenters. The Morgan fingerprint density at radius 2 is 1.80 bits per heavy atom. The number of fused-ring (bicyclic) bond motifs is 1. The van der Waals surface area contributed by atoms with Crippen LogP contribution in [-0.4, -0.2) is 62.0 Å². The third-order valence-electron chi connectivity index (χ3n) is 7.46. The molecule has 1 saturated heterocycles. The highest BCUT2D eigenvalue weighted by molar-refractivity contribution is 5.88. The number of nitrogens with zero attached hydrogens (tertiary/aromatic N) is 2. The zero-order valence-corrected chi connectivity index (χ0v) is 23.8. The Balaban J connectivity index is 1.62. The summed E-state index contributed by atoms with van der Waals surface area (Å²) in [6, 6.07) is 6.33. The van der Waals surface area contributed by atoms with Crippen molar-refractivity contribution in [2.24, 2.45) is 5.92 Å². The second kappa shape index (κ2) is 13.5. The SMILES string of the molecule is CCCc1[nH]c([C@@H](Cc2c[nH]c3ccccc23)NC(=O)[C@H](CC(C)C)NC(=O)N2CCCCCC2)nc1C(=O)O. The van der Waals surface area contributed by atoms with Crippen molar-refractivity contribution in [3.63, 3.8) is 0 Å². The zero-order valence-electron chi connectivity index (χ0n) is 23.8. The molecule has 3 aromatic rings. The van der Waals surface area contributed by atoms with Crippen LogP contribution in [-0.2, 0) is 17.6 Å². The number of hydrogen-bond donors (Lipinski definition) is 5. The van der Waals surface area contributed by atoms with Crippen LogP contribution in [0.25, 0.3) is 10.9 Å². The highest BCUT2D eigenvalue weighted by Crippen LogP contribution is 2.25. The number of H-pyrrole nitrogens is 2. The minimum absolute atomic E-state index is 0.0248. The number of carbonyl (C=O) groups excluding carboxylic acids is 2. The third-order valence-corrected chi connectivity index (χ3v) is 7.46. The lowest BCUT2D eigenvalue weighted by molar-refractivity contribution is -0.124. The van der Waals surface area contributed by atoms with Gasteiger partial charge in [0, 0.05) is 42.3 Å². The molecule has 1 aliphatic rings. The fraction of sp³-hybridized carbons (Fsp3) is 0.533. The van der Waals surface area contributed by atoms with E-state index in [0.29, 0.717) is 43.9 Å². The van der Waals surface area contributed by atoms with E-state index >= 15 is 0 Å². The van der Waals surface area contributed by atoms with Crippen LogP contribution in [0.4, 0.5) is 4.79 Å². The lowest BCUT2D eigenvalue weighted by Crippen LogP contribution is -2.52. The molecule has 5 N–H and O–H groups in total. The largest absolute Gasteiger partial charge is 0.476 e. The number of aryl methyl sites for hydroxylation is 1. The number of urea groups is 1. The van der Waals surface area contributed by atoms with Gasteiger partial charge in [-0.2, -0.15) is 0 Å². The molecule has 1 aromatic carbocycles. The van der Waals surface area contributed by atoms with Gasteiger partial charge in [-0.3, -0.25) is 4.79 Å². The molecule has 10 nitrogen and oxygen atoms in total. The Kier molecular flexibility index (Phi) is 9.84. The van der Waals surface area contributed by atoms with Crippen LogP contribution in [0.3, 0.4) is 0 Å². The normalized spacial score (nSPS) is 15.6. The Morgan fingerprint density at radius 3 is 2.48 bits per heavy atom. The number of hydrogen-bond acceptors (Lipinski definition) is 4. The Labute approximate surface area is 235 Å². The Morgan fingerprint density at radius 1 is 1.07 bits per heavy atom. The molecule has 0 spiro atoms. The molecule has 40 heavy (non-hydrogen) atoms. The van der Waals surface area contributed by atoms with Crippen molar-refractivity contribution in [2.75, 3.05) is 13.1 Å². The first-order valence-electron chi connectivity index (χ1n) is 14.5. The molecular weight excluding hydrogens is 508 g/mol. The van der Waals surface area contributed by atoms with E-state index in [1.807, 2.05) is 51.2 Å². The lowest BCUT2D eigenvalue weighted by Gasteiger charge is -2.27. The van der Waals surface area contributed by atoms with Crippen LogP contribution >= 0.6 is 0 Å². The molecule has 1 fully saturated rings. The van der Waals surface area contributed by atoms with Gasteiger partial charge >= 0.3 is 12.0 Å². The molecule has 4 rings (SSSR count). The smallest absolute Gasteiger partial charge is 0.356 e. The van der Waals surface area contributed by atoms with Crippen molar-refractivity contribution in [1.29, 1.82) is 0 Å². The predicted octanol–water partition coefficient (Wildman–Crippen LogP) is 4.94. The summed E-state index contributed by atoms with van der Waals surface area (Å²) in [5, 5.41) is 16.9. The van der Waals surface area contributed by atoms with Crippen molar-refractivity contribution in [2.45, 2.75) is 84.2 Å². The minimum Gasteiger partial charge on any atom is -0.476 e. The van der Waals surface area contributed by atoms with Crippen LogP contribution in [0.2, 0.25) is 0 Å². The van der Waals surface area contributed by atoms with Gasteiger partial charge in [0.05, 0.1) is 6.04 Å². The standard InChI is InChI=1S/C30H42N6O4/c1-4-11-23-26(29(38)39)35-27(32-23)24(17-20-18-31-22-13-8-7-12-21(20)22)33-28(37)25(16-19(2)3)34-30(40)36-14-9-5-6-10-15-36/h7-8,12-13,18-19,24-25,31H,4-6,9-11,14-17H2,1-3H3,(H,32,35)(H,33,37)(H,34,40)(H,38,39)/t24-,25+/m1/s1. The molecule has 0 radical (unpaired) electrons. The van der Waals surface area contributed by atoms with Crippen molar-refractivity contribution in [1.82, 2.24) is 30.5 Å². The topological polar surface area (TPSA) is 143 Å². The molecule has 3 heterocycles.